The van der Waals surface area contributed by atoms with Crippen LogP contribution < -0.4 is 0 Å². The van der Waals surface area contributed by atoms with Crippen LogP contribution in [0.4, 0.5) is 0 Å². The fraction of sp³-hybridized carbons (Fsp3) is 0.588. The van der Waals surface area contributed by atoms with Crippen molar-refractivity contribution in [3.63, 3.8) is 0 Å². The lowest BCUT2D eigenvalue weighted by atomic mass is 10.0. The highest BCUT2D eigenvalue weighted by atomic mass is 79.9. The van der Waals surface area contributed by atoms with Gasteiger partial charge in [-0.2, -0.15) is 4.31 Å². The van der Waals surface area contributed by atoms with Crippen molar-refractivity contribution in [3.8, 4) is 0 Å². The maximum Gasteiger partial charge on any atom is 0.243 e. The van der Waals surface area contributed by atoms with Crippen LogP contribution in [0.5, 0.6) is 0 Å². The molecule has 0 saturated carbocycles. The molecule has 1 saturated heterocycles. The van der Waals surface area contributed by atoms with Gasteiger partial charge in [0.1, 0.15) is 0 Å². The van der Waals surface area contributed by atoms with E-state index in [1.54, 1.807) is 29.2 Å². The molecule has 1 aromatic rings. The molecular formula is C17H25BrN2O3S. The van der Waals surface area contributed by atoms with E-state index in [4.69, 9.17) is 0 Å². The van der Waals surface area contributed by atoms with Gasteiger partial charge in [-0.15, -0.1) is 0 Å². The Bertz CT molecular complexity index is 670. The molecule has 0 bridgehead atoms. The Kier molecular flexibility index (Phi) is 6.83. The molecule has 24 heavy (non-hydrogen) atoms. The first-order chi connectivity index (χ1) is 11.3. The molecule has 1 heterocycles. The third-order valence-electron chi connectivity index (χ3n) is 4.33. The van der Waals surface area contributed by atoms with E-state index < -0.39 is 10.0 Å². The first-order valence-corrected chi connectivity index (χ1v) is 10.6. The smallest absolute Gasteiger partial charge is 0.243 e. The molecule has 0 spiro atoms. The molecule has 1 aliphatic heterocycles. The van der Waals surface area contributed by atoms with Gasteiger partial charge >= 0.3 is 0 Å². The number of amides is 1. The molecule has 1 atom stereocenters. The lowest BCUT2D eigenvalue weighted by Gasteiger charge is -2.34. The van der Waals surface area contributed by atoms with Crippen molar-refractivity contribution in [2.24, 2.45) is 5.92 Å². The van der Waals surface area contributed by atoms with Gasteiger partial charge < -0.3 is 4.90 Å². The summed E-state index contributed by atoms with van der Waals surface area (Å²) in [6, 6.07) is 6.72. The molecular weight excluding hydrogens is 392 g/mol. The number of rotatable bonds is 6. The van der Waals surface area contributed by atoms with E-state index in [0.717, 1.165) is 17.3 Å². The largest absolute Gasteiger partial charge is 0.340 e. The third-order valence-corrected chi connectivity index (χ3v) is 6.72. The summed E-state index contributed by atoms with van der Waals surface area (Å²) in [5, 5.41) is 0. The van der Waals surface area contributed by atoms with Crippen molar-refractivity contribution in [1.82, 2.24) is 9.21 Å². The van der Waals surface area contributed by atoms with E-state index in [9.17, 15) is 13.2 Å². The number of halogens is 1. The Morgan fingerprint density at radius 1 is 1.25 bits per heavy atom. The Hall–Kier alpha value is -0.920. The summed E-state index contributed by atoms with van der Waals surface area (Å²) in [6.07, 6.45) is 2.67. The van der Waals surface area contributed by atoms with Gasteiger partial charge in [-0.1, -0.05) is 48.7 Å². The highest BCUT2D eigenvalue weighted by Crippen LogP contribution is 2.21. The summed E-state index contributed by atoms with van der Waals surface area (Å²) < 4.78 is 27.6. The minimum absolute atomic E-state index is 0.135. The van der Waals surface area contributed by atoms with Gasteiger partial charge in [-0.3, -0.25) is 4.79 Å². The number of hydrogen-bond acceptors (Lipinski definition) is 3. The van der Waals surface area contributed by atoms with E-state index in [1.807, 2.05) is 0 Å². The predicted molar refractivity (Wildman–Crippen MR) is 98.2 cm³/mol. The van der Waals surface area contributed by atoms with Gasteiger partial charge in [-0.05, 0) is 24.1 Å². The summed E-state index contributed by atoms with van der Waals surface area (Å²) in [7, 11) is -3.50. The van der Waals surface area contributed by atoms with Gasteiger partial charge in [0.15, 0.2) is 0 Å². The van der Waals surface area contributed by atoms with E-state index in [-0.39, 0.29) is 10.8 Å². The van der Waals surface area contributed by atoms with Crippen molar-refractivity contribution in [2.45, 2.75) is 38.0 Å². The molecule has 1 aromatic carbocycles. The Morgan fingerprint density at radius 3 is 2.50 bits per heavy atom. The highest BCUT2D eigenvalue weighted by Gasteiger charge is 2.30. The van der Waals surface area contributed by atoms with E-state index in [0.29, 0.717) is 38.5 Å². The SMILES string of the molecule is CCCC(C)CC(=O)N1CCN(S(=O)(=O)c2cccc(Br)c2)CC1. The van der Waals surface area contributed by atoms with Gasteiger partial charge in [-0.25, -0.2) is 8.42 Å². The van der Waals surface area contributed by atoms with Crippen LogP contribution in [0, 0.1) is 5.92 Å². The predicted octanol–water partition coefficient (Wildman–Crippen LogP) is 3.11. The minimum atomic E-state index is -3.50. The molecule has 134 valence electrons. The maximum atomic E-state index is 12.7. The second kappa shape index (κ2) is 8.45. The maximum absolute atomic E-state index is 12.7. The number of hydrogen-bond donors (Lipinski definition) is 0. The van der Waals surface area contributed by atoms with Crippen molar-refractivity contribution < 1.29 is 13.2 Å². The lowest BCUT2D eigenvalue weighted by Crippen LogP contribution is -2.50. The van der Waals surface area contributed by atoms with Crippen LogP contribution in [0.3, 0.4) is 0 Å². The topological polar surface area (TPSA) is 57.7 Å². The molecule has 0 aromatic heterocycles. The molecule has 2 rings (SSSR count). The Balaban J connectivity index is 1.96. The van der Waals surface area contributed by atoms with Gasteiger partial charge in [0.2, 0.25) is 15.9 Å². The van der Waals surface area contributed by atoms with E-state index in [1.165, 1.54) is 4.31 Å². The van der Waals surface area contributed by atoms with Crippen molar-refractivity contribution in [1.29, 1.82) is 0 Å². The van der Waals surface area contributed by atoms with Crippen molar-refractivity contribution >= 4 is 31.9 Å². The fourth-order valence-electron chi connectivity index (χ4n) is 2.98. The number of nitrogens with zero attached hydrogens (tertiary/aromatic N) is 2. The standard InChI is InChI=1S/C17H25BrN2O3S/c1-3-5-14(2)12-17(21)19-8-10-20(11-9-19)24(22,23)16-7-4-6-15(18)13-16/h4,6-7,13-14H,3,5,8-12H2,1-2H3. The fourth-order valence-corrected chi connectivity index (χ4v) is 5.00. The molecule has 7 heteroatoms. The lowest BCUT2D eigenvalue weighted by molar-refractivity contribution is -0.133. The molecule has 0 N–H and O–H groups in total. The summed E-state index contributed by atoms with van der Waals surface area (Å²) in [4.78, 5) is 14.4. The van der Waals surface area contributed by atoms with Crippen LogP contribution in [-0.2, 0) is 14.8 Å². The van der Waals surface area contributed by atoms with Crippen LogP contribution in [0.25, 0.3) is 0 Å². The average molecular weight is 417 g/mol. The van der Waals surface area contributed by atoms with Gasteiger partial charge in [0.05, 0.1) is 4.90 Å². The van der Waals surface area contributed by atoms with Crippen LogP contribution in [0.2, 0.25) is 0 Å². The van der Waals surface area contributed by atoms with Crippen molar-refractivity contribution in [3.05, 3.63) is 28.7 Å². The normalized spacial score (nSPS) is 17.7. The molecule has 1 amide bonds. The summed E-state index contributed by atoms with van der Waals surface area (Å²) >= 11 is 3.31. The average Bonchev–Trinajstić information content (AvgIpc) is 2.55. The van der Waals surface area contributed by atoms with Crippen LogP contribution in [-0.4, -0.2) is 49.7 Å². The van der Waals surface area contributed by atoms with E-state index in [2.05, 4.69) is 29.8 Å². The minimum Gasteiger partial charge on any atom is -0.340 e. The molecule has 1 aliphatic rings. The van der Waals surface area contributed by atoms with Crippen molar-refractivity contribution in [2.75, 3.05) is 26.2 Å². The van der Waals surface area contributed by atoms with E-state index >= 15 is 0 Å². The quantitative estimate of drug-likeness (QED) is 0.715. The summed E-state index contributed by atoms with van der Waals surface area (Å²) in [5.74, 6) is 0.515. The zero-order valence-corrected chi connectivity index (χ0v) is 16.6. The Labute approximate surface area is 153 Å². The molecule has 5 nitrogen and oxygen atoms in total. The molecule has 0 radical (unpaired) electrons. The van der Waals surface area contributed by atoms with Gasteiger partial charge in [0, 0.05) is 37.1 Å². The second-order valence-corrected chi connectivity index (χ2v) is 9.19. The number of benzene rings is 1. The summed E-state index contributed by atoms with van der Waals surface area (Å²) in [5.41, 5.74) is 0. The monoisotopic (exact) mass is 416 g/mol. The highest BCUT2D eigenvalue weighted by molar-refractivity contribution is 9.10. The molecule has 1 unspecified atom stereocenters. The van der Waals surface area contributed by atoms with Gasteiger partial charge in [0.25, 0.3) is 0 Å². The zero-order valence-electron chi connectivity index (χ0n) is 14.2. The molecule has 0 aliphatic carbocycles. The number of carbonyl (C=O) groups is 1. The third kappa shape index (κ3) is 4.80. The molecule has 1 fully saturated rings. The first kappa shape index (κ1) is 19.4. The zero-order chi connectivity index (χ0) is 17.7. The Morgan fingerprint density at radius 2 is 1.92 bits per heavy atom. The first-order valence-electron chi connectivity index (χ1n) is 8.38. The number of piperazine rings is 1. The van der Waals surface area contributed by atoms with Crippen LogP contribution in [0.15, 0.2) is 33.6 Å². The number of carbonyl (C=O) groups excluding carboxylic acids is 1. The second-order valence-electron chi connectivity index (χ2n) is 6.34. The summed E-state index contributed by atoms with van der Waals surface area (Å²) in [6.45, 7) is 5.84. The van der Waals surface area contributed by atoms with Crippen LogP contribution >= 0.6 is 15.9 Å². The van der Waals surface area contributed by atoms with Crippen LogP contribution in [0.1, 0.15) is 33.1 Å². The number of sulfonamides is 1.